The third-order valence-corrected chi connectivity index (χ3v) is 3.16. The molecule has 0 aliphatic rings. The van der Waals surface area contributed by atoms with E-state index in [1.165, 1.54) is 6.42 Å². The van der Waals surface area contributed by atoms with Crippen molar-refractivity contribution in [3.05, 3.63) is 27.7 Å². The monoisotopic (exact) mass is 275 g/mol. The van der Waals surface area contributed by atoms with Gasteiger partial charge in [0.2, 0.25) is 0 Å². The fraction of sp³-hybridized carbons (Fsp3) is 0.455. The van der Waals surface area contributed by atoms with Gasteiger partial charge in [-0.15, -0.1) is 0 Å². The van der Waals surface area contributed by atoms with Crippen molar-refractivity contribution in [3.8, 4) is 0 Å². The lowest BCUT2D eigenvalue weighted by molar-refractivity contribution is 0.593. The van der Waals surface area contributed by atoms with Crippen LogP contribution >= 0.6 is 27.5 Å². The van der Waals surface area contributed by atoms with Gasteiger partial charge >= 0.3 is 0 Å². The summed E-state index contributed by atoms with van der Waals surface area (Å²) in [6.45, 7) is 5.43. The zero-order valence-corrected chi connectivity index (χ0v) is 10.8. The molecule has 1 nitrogen and oxygen atoms in total. The maximum absolute atomic E-state index is 5.85. The molecular weight excluding hydrogens is 261 g/mol. The molecular formula is C11H15BrClN. The van der Waals surface area contributed by atoms with E-state index in [9.17, 15) is 0 Å². The molecule has 3 heteroatoms. The number of hydrogen-bond donors (Lipinski definition) is 1. The standard InChI is InChI=1S/C11H15BrClN/c1-3-8(2)7-14-11-5-4-9(13)6-10(11)12/h4-6,8,14H,3,7H2,1-2H3. The van der Waals surface area contributed by atoms with Gasteiger partial charge in [0.15, 0.2) is 0 Å². The van der Waals surface area contributed by atoms with Crippen LogP contribution in [0.3, 0.4) is 0 Å². The highest BCUT2D eigenvalue weighted by Gasteiger charge is 2.02. The van der Waals surface area contributed by atoms with Crippen LogP contribution in [0.25, 0.3) is 0 Å². The van der Waals surface area contributed by atoms with Crippen molar-refractivity contribution in [2.24, 2.45) is 5.92 Å². The lowest BCUT2D eigenvalue weighted by Crippen LogP contribution is -2.10. The predicted octanol–water partition coefficient (Wildman–Crippen LogP) is 4.56. The zero-order valence-electron chi connectivity index (χ0n) is 8.48. The summed E-state index contributed by atoms with van der Waals surface area (Å²) < 4.78 is 1.02. The Balaban J connectivity index is 2.59. The highest BCUT2D eigenvalue weighted by atomic mass is 79.9. The molecule has 1 aromatic rings. The normalized spacial score (nSPS) is 12.6. The molecule has 0 radical (unpaired) electrons. The number of benzene rings is 1. The van der Waals surface area contributed by atoms with Crippen LogP contribution in [-0.2, 0) is 0 Å². The summed E-state index contributed by atoms with van der Waals surface area (Å²) >= 11 is 9.32. The molecule has 0 heterocycles. The molecule has 0 aromatic heterocycles. The van der Waals surface area contributed by atoms with Gasteiger partial charge in [-0.2, -0.15) is 0 Å². The molecule has 1 unspecified atom stereocenters. The van der Waals surface area contributed by atoms with Gasteiger partial charge in [0.1, 0.15) is 0 Å². The Labute approximate surface area is 99.0 Å². The van der Waals surface area contributed by atoms with Crippen molar-refractivity contribution in [3.63, 3.8) is 0 Å². The Kier molecular flexibility index (Phi) is 4.76. The van der Waals surface area contributed by atoms with Crippen molar-refractivity contribution in [2.75, 3.05) is 11.9 Å². The number of hydrogen-bond acceptors (Lipinski definition) is 1. The van der Waals surface area contributed by atoms with Gasteiger partial charge in [0.25, 0.3) is 0 Å². The highest BCUT2D eigenvalue weighted by molar-refractivity contribution is 9.10. The first-order valence-corrected chi connectivity index (χ1v) is 5.99. The summed E-state index contributed by atoms with van der Waals surface area (Å²) in [4.78, 5) is 0. The van der Waals surface area contributed by atoms with Crippen LogP contribution in [0.2, 0.25) is 5.02 Å². The van der Waals surface area contributed by atoms with E-state index in [0.717, 1.165) is 21.7 Å². The van der Waals surface area contributed by atoms with Crippen molar-refractivity contribution in [2.45, 2.75) is 20.3 Å². The molecule has 1 aromatic carbocycles. The van der Waals surface area contributed by atoms with E-state index in [-0.39, 0.29) is 0 Å². The topological polar surface area (TPSA) is 12.0 Å². The number of nitrogens with one attached hydrogen (secondary N) is 1. The Hall–Kier alpha value is -0.210. The van der Waals surface area contributed by atoms with Crippen LogP contribution in [0, 0.1) is 5.92 Å². The van der Waals surface area contributed by atoms with Crippen molar-refractivity contribution < 1.29 is 0 Å². The molecule has 0 spiro atoms. The van der Waals surface area contributed by atoms with E-state index in [0.29, 0.717) is 5.92 Å². The average molecular weight is 277 g/mol. The predicted molar refractivity (Wildman–Crippen MR) is 67.1 cm³/mol. The molecule has 0 fully saturated rings. The van der Waals surface area contributed by atoms with Crippen LogP contribution < -0.4 is 5.32 Å². The maximum Gasteiger partial charge on any atom is 0.0485 e. The van der Waals surface area contributed by atoms with Gasteiger partial charge in [-0.05, 0) is 40.0 Å². The Bertz CT molecular complexity index is 301. The van der Waals surface area contributed by atoms with E-state index in [4.69, 9.17) is 11.6 Å². The SMILES string of the molecule is CCC(C)CNc1ccc(Cl)cc1Br. The summed E-state index contributed by atoms with van der Waals surface area (Å²) in [6.07, 6.45) is 1.19. The van der Waals surface area contributed by atoms with Gasteiger partial charge in [-0.25, -0.2) is 0 Å². The molecule has 0 aliphatic heterocycles. The fourth-order valence-corrected chi connectivity index (χ4v) is 1.88. The van der Waals surface area contributed by atoms with Gasteiger partial charge in [0, 0.05) is 21.7 Å². The number of anilines is 1. The van der Waals surface area contributed by atoms with Crippen LogP contribution in [0.5, 0.6) is 0 Å². The van der Waals surface area contributed by atoms with E-state index in [2.05, 4.69) is 35.1 Å². The molecule has 14 heavy (non-hydrogen) atoms. The number of halogens is 2. The summed E-state index contributed by atoms with van der Waals surface area (Å²) in [5, 5.41) is 4.14. The average Bonchev–Trinajstić information content (AvgIpc) is 2.16. The van der Waals surface area contributed by atoms with Gasteiger partial charge in [-0.3, -0.25) is 0 Å². The first kappa shape index (κ1) is 11.9. The molecule has 1 N–H and O–H groups in total. The van der Waals surface area contributed by atoms with Crippen LogP contribution in [-0.4, -0.2) is 6.54 Å². The second-order valence-electron chi connectivity index (χ2n) is 3.52. The third-order valence-electron chi connectivity index (χ3n) is 2.27. The smallest absolute Gasteiger partial charge is 0.0485 e. The first-order chi connectivity index (χ1) is 6.63. The molecule has 1 rings (SSSR count). The summed E-state index contributed by atoms with van der Waals surface area (Å²) in [5.74, 6) is 0.692. The Morgan fingerprint density at radius 1 is 1.50 bits per heavy atom. The molecule has 0 aliphatic carbocycles. The lowest BCUT2D eigenvalue weighted by atomic mass is 10.1. The quantitative estimate of drug-likeness (QED) is 0.850. The fourth-order valence-electron chi connectivity index (χ4n) is 1.06. The maximum atomic E-state index is 5.85. The van der Waals surface area contributed by atoms with Crippen LogP contribution in [0.1, 0.15) is 20.3 Å². The lowest BCUT2D eigenvalue weighted by Gasteiger charge is -2.12. The zero-order chi connectivity index (χ0) is 10.6. The Morgan fingerprint density at radius 2 is 2.21 bits per heavy atom. The molecule has 78 valence electrons. The van der Waals surface area contributed by atoms with E-state index in [1.807, 2.05) is 18.2 Å². The molecule has 1 atom stereocenters. The van der Waals surface area contributed by atoms with Crippen LogP contribution in [0.4, 0.5) is 5.69 Å². The minimum Gasteiger partial charge on any atom is -0.384 e. The van der Waals surface area contributed by atoms with Crippen molar-refractivity contribution in [1.29, 1.82) is 0 Å². The number of rotatable bonds is 4. The molecule has 0 saturated heterocycles. The molecule has 0 saturated carbocycles. The summed E-state index contributed by atoms with van der Waals surface area (Å²) in [7, 11) is 0. The second-order valence-corrected chi connectivity index (χ2v) is 4.81. The van der Waals surface area contributed by atoms with Crippen molar-refractivity contribution in [1.82, 2.24) is 0 Å². The summed E-state index contributed by atoms with van der Waals surface area (Å²) in [6, 6.07) is 5.79. The van der Waals surface area contributed by atoms with Gasteiger partial charge in [-0.1, -0.05) is 31.9 Å². The van der Waals surface area contributed by atoms with Gasteiger partial charge < -0.3 is 5.32 Å². The van der Waals surface area contributed by atoms with Crippen LogP contribution in [0.15, 0.2) is 22.7 Å². The first-order valence-electron chi connectivity index (χ1n) is 4.82. The minimum atomic E-state index is 0.692. The third kappa shape index (κ3) is 3.50. The molecule has 0 bridgehead atoms. The minimum absolute atomic E-state index is 0.692. The largest absolute Gasteiger partial charge is 0.384 e. The Morgan fingerprint density at radius 3 is 2.79 bits per heavy atom. The van der Waals surface area contributed by atoms with E-state index >= 15 is 0 Å². The van der Waals surface area contributed by atoms with E-state index in [1.54, 1.807) is 0 Å². The molecule has 0 amide bonds. The highest BCUT2D eigenvalue weighted by Crippen LogP contribution is 2.26. The summed E-state index contributed by atoms with van der Waals surface area (Å²) in [5.41, 5.74) is 1.11. The second kappa shape index (κ2) is 5.62. The van der Waals surface area contributed by atoms with E-state index < -0.39 is 0 Å². The van der Waals surface area contributed by atoms with Crippen molar-refractivity contribution >= 4 is 33.2 Å². The van der Waals surface area contributed by atoms with Gasteiger partial charge in [0.05, 0.1) is 0 Å².